The number of guanidine groups is 1. The lowest BCUT2D eigenvalue weighted by atomic mass is 10.2. The van der Waals surface area contributed by atoms with Crippen LogP contribution in [0.1, 0.15) is 0 Å². The van der Waals surface area contributed by atoms with E-state index in [0.29, 0.717) is 11.4 Å². The third kappa shape index (κ3) is 4.54. The zero-order chi connectivity index (χ0) is 18.4. The summed E-state index contributed by atoms with van der Waals surface area (Å²) in [6, 6.07) is 15.1. The lowest BCUT2D eigenvalue weighted by molar-refractivity contribution is 0.122. The molecular weight excluding hydrogens is 332 g/mol. The Morgan fingerprint density at radius 3 is 2.31 bits per heavy atom. The molecule has 0 bridgehead atoms. The summed E-state index contributed by atoms with van der Waals surface area (Å²) in [5, 5.41) is 9.08. The normalized spacial score (nSPS) is 14.1. The molecule has 0 spiro atoms. The highest BCUT2D eigenvalue weighted by atomic mass is 16.5. The fourth-order valence-corrected chi connectivity index (χ4v) is 2.62. The molecular formula is C17H24N8O. The van der Waals surface area contributed by atoms with Crippen molar-refractivity contribution in [3.63, 3.8) is 0 Å². The van der Waals surface area contributed by atoms with Crippen molar-refractivity contribution < 1.29 is 4.74 Å². The lowest BCUT2D eigenvalue weighted by Crippen LogP contribution is -2.54. The Morgan fingerprint density at radius 1 is 1.04 bits per heavy atom. The predicted molar refractivity (Wildman–Crippen MR) is 105 cm³/mol. The number of morpholine rings is 1. The molecule has 3 rings (SSSR count). The van der Waals surface area contributed by atoms with Crippen LogP contribution in [0, 0.1) is 5.41 Å². The first kappa shape index (κ1) is 17.8. The average Bonchev–Trinajstić information content (AvgIpc) is 2.67. The van der Waals surface area contributed by atoms with Gasteiger partial charge in [0, 0.05) is 24.5 Å². The van der Waals surface area contributed by atoms with Gasteiger partial charge in [-0.3, -0.25) is 5.41 Å². The van der Waals surface area contributed by atoms with E-state index in [2.05, 4.69) is 33.5 Å². The zero-order valence-electron chi connectivity index (χ0n) is 14.4. The van der Waals surface area contributed by atoms with Crippen LogP contribution in [0.3, 0.4) is 0 Å². The molecule has 2 aromatic carbocycles. The van der Waals surface area contributed by atoms with E-state index in [-0.39, 0.29) is 5.96 Å². The van der Waals surface area contributed by atoms with Crippen LogP contribution in [0.25, 0.3) is 0 Å². The molecule has 0 saturated carbocycles. The van der Waals surface area contributed by atoms with Crippen molar-refractivity contribution in [3.8, 4) is 0 Å². The van der Waals surface area contributed by atoms with Crippen LogP contribution in [0.4, 0.5) is 22.7 Å². The van der Waals surface area contributed by atoms with Crippen LogP contribution < -0.4 is 37.9 Å². The first-order valence-electron chi connectivity index (χ1n) is 8.32. The van der Waals surface area contributed by atoms with Gasteiger partial charge in [0.15, 0.2) is 0 Å². The zero-order valence-corrected chi connectivity index (χ0v) is 14.4. The molecule has 0 atom stereocenters. The number of nitrogen functional groups attached to an aromatic ring is 1. The summed E-state index contributed by atoms with van der Waals surface area (Å²) < 4.78 is 5.37. The Bertz CT molecular complexity index is 713. The molecule has 8 N–H and O–H groups in total. The van der Waals surface area contributed by atoms with Gasteiger partial charge in [-0.2, -0.15) is 5.53 Å². The van der Waals surface area contributed by atoms with E-state index in [1.165, 1.54) is 10.7 Å². The molecule has 1 aliphatic heterocycles. The van der Waals surface area contributed by atoms with Crippen LogP contribution in [0.15, 0.2) is 48.5 Å². The number of nitrogens with two attached hydrogens (primary N) is 2. The molecule has 9 heteroatoms. The SMILES string of the molecule is N=C(N)N(NNNc1ccc(N2CCOCC2)cc1)c1ccc(N)cc1. The number of hydrogen-bond donors (Lipinski definition) is 6. The standard InChI is InChI=1S/C17H24N8O/c18-13-1-5-16(6-2-13)25(17(19)20)23-22-21-14-3-7-15(8-4-14)24-9-11-26-12-10-24/h1-8,21-23H,9-12,18H2,(H3,19,20). The van der Waals surface area contributed by atoms with Crippen molar-refractivity contribution in [3.05, 3.63) is 48.5 Å². The van der Waals surface area contributed by atoms with Gasteiger partial charge in [-0.05, 0) is 48.5 Å². The number of anilines is 4. The third-order valence-corrected chi connectivity index (χ3v) is 4.01. The van der Waals surface area contributed by atoms with E-state index in [9.17, 15) is 0 Å². The number of nitrogens with zero attached hydrogens (tertiary/aromatic N) is 2. The van der Waals surface area contributed by atoms with Gasteiger partial charge in [-0.15, -0.1) is 5.53 Å². The van der Waals surface area contributed by atoms with E-state index in [1.54, 1.807) is 24.3 Å². The minimum absolute atomic E-state index is 0.160. The molecule has 0 aliphatic carbocycles. The lowest BCUT2D eigenvalue weighted by Gasteiger charge is -2.29. The quantitative estimate of drug-likeness (QED) is 0.194. The number of ether oxygens (including phenoxy) is 1. The highest BCUT2D eigenvalue weighted by Gasteiger charge is 2.11. The first-order valence-corrected chi connectivity index (χ1v) is 8.32. The maximum atomic E-state index is 7.69. The molecule has 1 aliphatic rings. The summed E-state index contributed by atoms with van der Waals surface area (Å²) in [4.78, 5) is 2.29. The predicted octanol–water partition coefficient (Wildman–Crippen LogP) is 0.842. The second-order valence-corrected chi connectivity index (χ2v) is 5.82. The smallest absolute Gasteiger partial charge is 0.209 e. The molecule has 1 heterocycles. The molecule has 0 unspecified atom stereocenters. The van der Waals surface area contributed by atoms with Crippen LogP contribution in [-0.4, -0.2) is 32.3 Å². The molecule has 0 radical (unpaired) electrons. The average molecular weight is 356 g/mol. The van der Waals surface area contributed by atoms with Gasteiger partial charge in [-0.25, -0.2) is 5.01 Å². The van der Waals surface area contributed by atoms with Gasteiger partial charge in [0.1, 0.15) is 0 Å². The molecule has 138 valence electrons. The van der Waals surface area contributed by atoms with Gasteiger partial charge in [-0.1, -0.05) is 0 Å². The van der Waals surface area contributed by atoms with Crippen molar-refractivity contribution in [1.29, 1.82) is 5.41 Å². The summed E-state index contributed by atoms with van der Waals surface area (Å²) in [6.07, 6.45) is 0. The van der Waals surface area contributed by atoms with Crippen molar-refractivity contribution in [2.45, 2.75) is 0 Å². The minimum atomic E-state index is -0.160. The van der Waals surface area contributed by atoms with Crippen LogP contribution in [0.2, 0.25) is 0 Å². The summed E-state index contributed by atoms with van der Waals surface area (Å²) in [5.74, 6) is -0.160. The van der Waals surface area contributed by atoms with Gasteiger partial charge >= 0.3 is 0 Å². The molecule has 2 aromatic rings. The molecule has 0 amide bonds. The van der Waals surface area contributed by atoms with Crippen molar-refractivity contribution >= 4 is 28.7 Å². The number of nitrogens with one attached hydrogen (secondary N) is 4. The second kappa shape index (κ2) is 8.39. The van der Waals surface area contributed by atoms with Crippen molar-refractivity contribution in [2.75, 3.05) is 47.4 Å². The summed E-state index contributed by atoms with van der Waals surface area (Å²) in [5.41, 5.74) is 23.4. The monoisotopic (exact) mass is 356 g/mol. The number of hydrazine groups is 3. The van der Waals surface area contributed by atoms with Gasteiger partial charge in [0.05, 0.1) is 24.6 Å². The maximum Gasteiger partial charge on any atom is 0.209 e. The summed E-state index contributed by atoms with van der Waals surface area (Å²) in [6.45, 7) is 3.33. The van der Waals surface area contributed by atoms with Gasteiger partial charge < -0.3 is 26.5 Å². The maximum absolute atomic E-state index is 7.69. The van der Waals surface area contributed by atoms with Crippen LogP contribution in [-0.2, 0) is 4.74 Å². The van der Waals surface area contributed by atoms with Gasteiger partial charge in [0.2, 0.25) is 5.96 Å². The largest absolute Gasteiger partial charge is 0.399 e. The highest BCUT2D eigenvalue weighted by Crippen LogP contribution is 2.18. The summed E-state index contributed by atoms with van der Waals surface area (Å²) in [7, 11) is 0. The number of rotatable bonds is 6. The van der Waals surface area contributed by atoms with Crippen LogP contribution >= 0.6 is 0 Å². The topological polar surface area (TPSA) is 128 Å². The Balaban J connectivity index is 1.54. The fourth-order valence-electron chi connectivity index (χ4n) is 2.62. The summed E-state index contributed by atoms with van der Waals surface area (Å²) >= 11 is 0. The van der Waals surface area contributed by atoms with E-state index in [4.69, 9.17) is 21.6 Å². The molecule has 26 heavy (non-hydrogen) atoms. The van der Waals surface area contributed by atoms with Crippen LogP contribution in [0.5, 0.6) is 0 Å². The number of benzene rings is 2. The Hall–Kier alpha value is -3.01. The minimum Gasteiger partial charge on any atom is -0.399 e. The Labute approximate surface area is 152 Å². The Morgan fingerprint density at radius 2 is 1.69 bits per heavy atom. The molecule has 1 fully saturated rings. The van der Waals surface area contributed by atoms with E-state index < -0.39 is 0 Å². The molecule has 1 saturated heterocycles. The van der Waals surface area contributed by atoms with Gasteiger partial charge in [0.25, 0.3) is 0 Å². The van der Waals surface area contributed by atoms with E-state index in [1.807, 2.05) is 12.1 Å². The first-order chi connectivity index (χ1) is 12.6. The highest BCUT2D eigenvalue weighted by molar-refractivity contribution is 5.91. The Kier molecular flexibility index (Phi) is 5.74. The third-order valence-electron chi connectivity index (χ3n) is 4.01. The van der Waals surface area contributed by atoms with E-state index in [0.717, 1.165) is 32.0 Å². The fraction of sp³-hybridized carbons (Fsp3) is 0.235. The molecule has 0 aromatic heterocycles. The number of hydrogen-bond acceptors (Lipinski definition) is 7. The van der Waals surface area contributed by atoms with E-state index >= 15 is 0 Å². The van der Waals surface area contributed by atoms with Crippen molar-refractivity contribution in [1.82, 2.24) is 11.1 Å². The molecule has 9 nitrogen and oxygen atoms in total. The second-order valence-electron chi connectivity index (χ2n) is 5.82. The van der Waals surface area contributed by atoms with Crippen molar-refractivity contribution in [2.24, 2.45) is 5.73 Å².